The topological polar surface area (TPSA) is 90.6 Å². The Morgan fingerprint density at radius 3 is 2.85 bits per heavy atom. The van der Waals surface area contributed by atoms with Gasteiger partial charge in [-0.1, -0.05) is 36.9 Å². The lowest BCUT2D eigenvalue weighted by molar-refractivity contribution is -0.115. The molecule has 2 aromatic carbocycles. The van der Waals surface area contributed by atoms with Gasteiger partial charge in [0.05, 0.1) is 11.4 Å². The molecule has 3 heterocycles. The molecule has 1 amide bonds. The molecule has 4 aromatic rings. The number of benzene rings is 2. The Kier molecular flexibility index (Phi) is 6.01. The summed E-state index contributed by atoms with van der Waals surface area (Å²) < 4.78 is 16.5. The number of thiazole rings is 1. The number of thioether (sulfide) groups is 1. The number of ether oxygens (including phenoxy) is 2. The summed E-state index contributed by atoms with van der Waals surface area (Å²) in [6.07, 6.45) is 0.830. The van der Waals surface area contributed by atoms with E-state index in [1.165, 1.54) is 23.1 Å². The molecule has 1 aliphatic rings. The third-order valence-corrected chi connectivity index (χ3v) is 6.76. The molecule has 33 heavy (non-hydrogen) atoms. The number of para-hydroxylation sites is 1. The summed E-state index contributed by atoms with van der Waals surface area (Å²) in [5.74, 6) is 2.24. The van der Waals surface area contributed by atoms with Crippen LogP contribution in [0.5, 0.6) is 11.5 Å². The van der Waals surface area contributed by atoms with E-state index < -0.39 is 0 Å². The quantitative estimate of drug-likeness (QED) is 0.322. The van der Waals surface area contributed by atoms with Crippen LogP contribution >= 0.6 is 23.1 Å². The third kappa shape index (κ3) is 4.44. The van der Waals surface area contributed by atoms with E-state index in [1.54, 1.807) is 11.8 Å². The molecule has 168 valence electrons. The number of aryl methyl sites for hydroxylation is 1. The highest BCUT2D eigenvalue weighted by atomic mass is 32.2. The van der Waals surface area contributed by atoms with Crippen molar-refractivity contribution >= 4 is 39.8 Å². The zero-order valence-corrected chi connectivity index (χ0v) is 19.6. The van der Waals surface area contributed by atoms with Crippen LogP contribution in [0.2, 0.25) is 0 Å². The molecule has 10 heteroatoms. The molecule has 0 unspecified atom stereocenters. The molecule has 0 aliphatic carbocycles. The number of aromatic nitrogens is 3. The molecule has 1 aliphatic heterocycles. The van der Waals surface area contributed by atoms with E-state index in [2.05, 4.69) is 22.1 Å². The lowest BCUT2D eigenvalue weighted by atomic mass is 10.1. The van der Waals surface area contributed by atoms with Crippen LogP contribution in [-0.2, 0) is 17.0 Å². The maximum Gasteiger partial charge on any atom is 0.277 e. The number of nitrogens with zero attached hydrogens (tertiary/aromatic N) is 4. The van der Waals surface area contributed by atoms with Crippen LogP contribution in [-0.4, -0.2) is 27.9 Å². The van der Waals surface area contributed by atoms with E-state index in [4.69, 9.17) is 13.9 Å². The summed E-state index contributed by atoms with van der Waals surface area (Å²) in [4.78, 5) is 18.8. The minimum Gasteiger partial charge on any atom is -0.454 e. The highest BCUT2D eigenvalue weighted by Crippen LogP contribution is 2.37. The van der Waals surface area contributed by atoms with Gasteiger partial charge in [0.2, 0.25) is 18.6 Å². The molecule has 2 aromatic heterocycles. The lowest BCUT2D eigenvalue weighted by Gasteiger charge is -2.20. The molecule has 0 radical (unpaired) electrons. The van der Waals surface area contributed by atoms with Crippen LogP contribution in [0.4, 0.5) is 10.8 Å². The van der Waals surface area contributed by atoms with E-state index in [0.29, 0.717) is 33.5 Å². The summed E-state index contributed by atoms with van der Waals surface area (Å²) in [6, 6.07) is 13.4. The van der Waals surface area contributed by atoms with E-state index >= 15 is 0 Å². The normalized spacial score (nSPS) is 12.2. The molecule has 0 N–H and O–H groups in total. The number of rotatable bonds is 7. The fourth-order valence-corrected chi connectivity index (χ4v) is 5.09. The van der Waals surface area contributed by atoms with Gasteiger partial charge in [0.25, 0.3) is 5.22 Å². The number of amides is 1. The highest BCUT2D eigenvalue weighted by molar-refractivity contribution is 7.98. The number of fused-ring (bicyclic) bond motifs is 1. The Morgan fingerprint density at radius 2 is 2.00 bits per heavy atom. The Morgan fingerprint density at radius 1 is 1.15 bits per heavy atom. The Bertz CT molecular complexity index is 1300. The second-order valence-corrected chi connectivity index (χ2v) is 8.95. The van der Waals surface area contributed by atoms with Gasteiger partial charge in [0, 0.05) is 23.6 Å². The maximum absolute atomic E-state index is 12.4. The SMILES string of the molecule is CCc1ccccc1N(C(C)=O)c1nc(CSc2nnc(-c3ccc4c(c3)OCO4)o2)cs1. The summed E-state index contributed by atoms with van der Waals surface area (Å²) >= 11 is 2.83. The van der Waals surface area contributed by atoms with Gasteiger partial charge in [-0.25, -0.2) is 4.98 Å². The number of hydrogen-bond donors (Lipinski definition) is 0. The Hall–Kier alpha value is -3.37. The first kappa shape index (κ1) is 21.5. The molecule has 5 rings (SSSR count). The zero-order chi connectivity index (χ0) is 22.8. The van der Waals surface area contributed by atoms with Crippen LogP contribution in [0.25, 0.3) is 11.5 Å². The van der Waals surface area contributed by atoms with Gasteiger partial charge in [-0.2, -0.15) is 0 Å². The average molecular weight is 481 g/mol. The van der Waals surface area contributed by atoms with Crippen LogP contribution in [0.3, 0.4) is 0 Å². The predicted octanol–water partition coefficient (Wildman–Crippen LogP) is 5.46. The zero-order valence-electron chi connectivity index (χ0n) is 18.0. The first-order valence-corrected chi connectivity index (χ1v) is 12.2. The fraction of sp³-hybridized carbons (Fsp3) is 0.217. The fourth-order valence-electron chi connectivity index (χ4n) is 3.45. The molecule has 0 bridgehead atoms. The smallest absolute Gasteiger partial charge is 0.277 e. The summed E-state index contributed by atoms with van der Waals surface area (Å²) in [5, 5.41) is 11.3. The lowest BCUT2D eigenvalue weighted by Crippen LogP contribution is -2.23. The number of hydrogen-bond acceptors (Lipinski definition) is 9. The van der Waals surface area contributed by atoms with E-state index in [9.17, 15) is 4.79 Å². The van der Waals surface area contributed by atoms with Gasteiger partial charge in [-0.15, -0.1) is 21.5 Å². The summed E-state index contributed by atoms with van der Waals surface area (Å²) in [7, 11) is 0. The van der Waals surface area contributed by atoms with Crippen molar-refractivity contribution in [1.82, 2.24) is 15.2 Å². The standard InChI is InChI=1S/C23H20N4O4S2/c1-3-15-6-4-5-7-18(15)27(14(2)28)22-24-17(11-32-22)12-33-23-26-25-21(31-23)16-8-9-19-20(10-16)30-13-29-19/h4-11H,3,12-13H2,1-2H3. The Balaban J connectivity index is 1.29. The maximum atomic E-state index is 12.4. The first-order chi connectivity index (χ1) is 16.1. The van der Waals surface area contributed by atoms with Gasteiger partial charge < -0.3 is 13.9 Å². The van der Waals surface area contributed by atoms with E-state index in [1.807, 2.05) is 47.8 Å². The van der Waals surface area contributed by atoms with E-state index in [0.717, 1.165) is 28.9 Å². The third-order valence-electron chi connectivity index (χ3n) is 5.03. The molecule has 0 saturated carbocycles. The number of carbonyl (C=O) groups excluding carboxylic acids is 1. The second-order valence-electron chi connectivity index (χ2n) is 7.19. The summed E-state index contributed by atoms with van der Waals surface area (Å²) in [6.45, 7) is 3.84. The van der Waals surface area contributed by atoms with Crippen molar-refractivity contribution in [1.29, 1.82) is 0 Å². The van der Waals surface area contributed by atoms with Crippen LogP contribution in [0.1, 0.15) is 25.1 Å². The van der Waals surface area contributed by atoms with Gasteiger partial charge in [-0.05, 0) is 36.2 Å². The molecular formula is C23H20N4O4S2. The molecular weight excluding hydrogens is 460 g/mol. The monoisotopic (exact) mass is 480 g/mol. The largest absolute Gasteiger partial charge is 0.454 e. The minimum absolute atomic E-state index is 0.0743. The van der Waals surface area contributed by atoms with Crippen molar-refractivity contribution in [3.05, 3.63) is 59.1 Å². The van der Waals surface area contributed by atoms with Crippen molar-refractivity contribution in [3.8, 4) is 23.0 Å². The second kappa shape index (κ2) is 9.24. The van der Waals surface area contributed by atoms with Crippen LogP contribution in [0, 0.1) is 0 Å². The van der Waals surface area contributed by atoms with Gasteiger partial charge in [0.15, 0.2) is 16.6 Å². The van der Waals surface area contributed by atoms with Crippen molar-refractivity contribution in [3.63, 3.8) is 0 Å². The van der Waals surface area contributed by atoms with E-state index in [-0.39, 0.29) is 12.7 Å². The predicted molar refractivity (Wildman–Crippen MR) is 126 cm³/mol. The summed E-state index contributed by atoms with van der Waals surface area (Å²) in [5.41, 5.74) is 3.57. The average Bonchev–Trinajstić information content (AvgIpc) is 3.58. The molecule has 8 nitrogen and oxygen atoms in total. The van der Waals surface area contributed by atoms with Crippen LogP contribution in [0.15, 0.2) is 57.5 Å². The molecule has 0 spiro atoms. The molecule has 0 fully saturated rings. The molecule has 0 atom stereocenters. The van der Waals surface area contributed by atoms with Crippen molar-refractivity contribution in [2.75, 3.05) is 11.7 Å². The van der Waals surface area contributed by atoms with Gasteiger partial charge >= 0.3 is 0 Å². The van der Waals surface area contributed by atoms with Crippen molar-refractivity contribution in [2.45, 2.75) is 31.2 Å². The minimum atomic E-state index is -0.0743. The molecule has 0 saturated heterocycles. The van der Waals surface area contributed by atoms with Gasteiger partial charge in [0.1, 0.15) is 0 Å². The van der Waals surface area contributed by atoms with Crippen LogP contribution < -0.4 is 14.4 Å². The van der Waals surface area contributed by atoms with Gasteiger partial charge in [-0.3, -0.25) is 9.69 Å². The van der Waals surface area contributed by atoms with Crippen molar-refractivity contribution < 1.29 is 18.7 Å². The first-order valence-electron chi connectivity index (χ1n) is 10.3. The Labute approximate surface area is 198 Å². The van der Waals surface area contributed by atoms with Crippen molar-refractivity contribution in [2.24, 2.45) is 0 Å². The number of carbonyl (C=O) groups is 1. The number of anilines is 2. The highest BCUT2D eigenvalue weighted by Gasteiger charge is 2.21.